The van der Waals surface area contributed by atoms with E-state index in [1.165, 1.54) is 0 Å². The lowest BCUT2D eigenvalue weighted by molar-refractivity contribution is -0.121. The summed E-state index contributed by atoms with van der Waals surface area (Å²) in [7, 11) is 0. The Morgan fingerprint density at radius 2 is 1.81 bits per heavy atom. The standard InChI is InChI=1S/C14H21N3O3S/c1-21-12-8-6-11(7-9-12)15-14(20)17-16-13(19)5-3-2-4-10-18/h6-9,18H,2-5,10H2,1H3,(H,16,19)(H2,15,17,20). The van der Waals surface area contributed by atoms with Crippen LogP contribution in [0.2, 0.25) is 0 Å². The number of anilines is 1. The molecule has 0 atom stereocenters. The molecule has 3 amide bonds. The zero-order chi connectivity index (χ0) is 15.5. The molecule has 116 valence electrons. The first-order valence-electron chi connectivity index (χ1n) is 6.76. The van der Waals surface area contributed by atoms with Crippen LogP contribution in [0.3, 0.4) is 0 Å². The second-order valence-electron chi connectivity index (χ2n) is 4.39. The molecule has 6 nitrogen and oxygen atoms in total. The van der Waals surface area contributed by atoms with Gasteiger partial charge in [-0.2, -0.15) is 0 Å². The minimum atomic E-state index is -0.490. The van der Waals surface area contributed by atoms with Crippen LogP contribution in [0.15, 0.2) is 29.2 Å². The number of rotatable bonds is 7. The van der Waals surface area contributed by atoms with Crippen molar-refractivity contribution in [3.05, 3.63) is 24.3 Å². The Kier molecular flexibility index (Phi) is 8.30. The number of aliphatic hydroxyl groups is 1. The molecule has 0 radical (unpaired) electrons. The van der Waals surface area contributed by atoms with Crippen molar-refractivity contribution in [1.29, 1.82) is 0 Å². The van der Waals surface area contributed by atoms with Crippen LogP contribution >= 0.6 is 11.8 Å². The minimum absolute atomic E-state index is 0.137. The Hall–Kier alpha value is -1.73. The van der Waals surface area contributed by atoms with Crippen molar-refractivity contribution in [2.24, 2.45) is 0 Å². The highest BCUT2D eigenvalue weighted by molar-refractivity contribution is 7.98. The third kappa shape index (κ3) is 7.57. The van der Waals surface area contributed by atoms with Gasteiger partial charge in [-0.25, -0.2) is 10.2 Å². The van der Waals surface area contributed by atoms with Gasteiger partial charge in [0.2, 0.25) is 5.91 Å². The number of nitrogens with one attached hydrogen (secondary N) is 3. The fourth-order valence-corrected chi connectivity index (χ4v) is 2.01. The molecular weight excluding hydrogens is 290 g/mol. The van der Waals surface area contributed by atoms with Crippen LogP contribution in [0, 0.1) is 0 Å². The van der Waals surface area contributed by atoms with Crippen LogP contribution < -0.4 is 16.2 Å². The molecule has 0 fully saturated rings. The van der Waals surface area contributed by atoms with E-state index in [4.69, 9.17) is 5.11 Å². The first-order chi connectivity index (χ1) is 10.2. The van der Waals surface area contributed by atoms with E-state index in [-0.39, 0.29) is 12.5 Å². The molecular formula is C14H21N3O3S. The molecule has 7 heteroatoms. The number of amides is 3. The number of carbonyl (C=O) groups excluding carboxylic acids is 2. The summed E-state index contributed by atoms with van der Waals surface area (Å²) in [6.07, 6.45) is 4.46. The highest BCUT2D eigenvalue weighted by Crippen LogP contribution is 2.17. The summed E-state index contributed by atoms with van der Waals surface area (Å²) in [6.45, 7) is 0.137. The number of hydrogen-bond donors (Lipinski definition) is 4. The van der Waals surface area contributed by atoms with Gasteiger partial charge in [0, 0.05) is 23.6 Å². The van der Waals surface area contributed by atoms with Gasteiger partial charge in [0.1, 0.15) is 0 Å². The van der Waals surface area contributed by atoms with E-state index in [1.54, 1.807) is 23.9 Å². The molecule has 0 saturated heterocycles. The van der Waals surface area contributed by atoms with E-state index in [0.717, 1.165) is 11.3 Å². The minimum Gasteiger partial charge on any atom is -0.396 e. The number of benzene rings is 1. The van der Waals surface area contributed by atoms with Crippen molar-refractivity contribution < 1.29 is 14.7 Å². The Labute approximate surface area is 128 Å². The maximum absolute atomic E-state index is 11.6. The van der Waals surface area contributed by atoms with Gasteiger partial charge in [-0.3, -0.25) is 10.2 Å². The quantitative estimate of drug-likeness (QED) is 0.353. The molecule has 4 N–H and O–H groups in total. The highest BCUT2D eigenvalue weighted by atomic mass is 32.2. The zero-order valence-electron chi connectivity index (χ0n) is 12.0. The molecule has 0 unspecified atom stereocenters. The Bertz CT molecular complexity index is 451. The molecule has 0 aliphatic carbocycles. The fraction of sp³-hybridized carbons (Fsp3) is 0.429. The third-order valence-corrected chi connectivity index (χ3v) is 3.47. The average Bonchev–Trinajstić information content (AvgIpc) is 2.50. The average molecular weight is 311 g/mol. The summed E-state index contributed by atoms with van der Waals surface area (Å²) in [5.41, 5.74) is 5.29. The Morgan fingerprint density at radius 3 is 2.43 bits per heavy atom. The largest absolute Gasteiger partial charge is 0.396 e. The number of urea groups is 1. The molecule has 0 bridgehead atoms. The number of carbonyl (C=O) groups is 2. The zero-order valence-corrected chi connectivity index (χ0v) is 12.8. The van der Waals surface area contributed by atoms with Gasteiger partial charge in [0.05, 0.1) is 0 Å². The van der Waals surface area contributed by atoms with Crippen molar-refractivity contribution in [1.82, 2.24) is 10.9 Å². The van der Waals surface area contributed by atoms with Crippen LogP contribution in [0.25, 0.3) is 0 Å². The molecule has 1 rings (SSSR count). The van der Waals surface area contributed by atoms with Crippen LogP contribution in [-0.2, 0) is 4.79 Å². The van der Waals surface area contributed by atoms with Crippen LogP contribution in [0.5, 0.6) is 0 Å². The lowest BCUT2D eigenvalue weighted by Crippen LogP contribution is -2.43. The van der Waals surface area contributed by atoms with Crippen LogP contribution in [-0.4, -0.2) is 29.9 Å². The summed E-state index contributed by atoms with van der Waals surface area (Å²) in [5.74, 6) is -0.249. The van der Waals surface area contributed by atoms with E-state index < -0.39 is 6.03 Å². The lowest BCUT2D eigenvalue weighted by atomic mass is 10.2. The third-order valence-electron chi connectivity index (χ3n) is 2.73. The summed E-state index contributed by atoms with van der Waals surface area (Å²) in [5, 5.41) is 11.2. The SMILES string of the molecule is CSc1ccc(NC(=O)NNC(=O)CCCCCO)cc1. The van der Waals surface area contributed by atoms with Crippen molar-refractivity contribution in [3.63, 3.8) is 0 Å². The van der Waals surface area contributed by atoms with E-state index in [1.807, 2.05) is 18.4 Å². The van der Waals surface area contributed by atoms with E-state index >= 15 is 0 Å². The molecule has 0 aliphatic rings. The van der Waals surface area contributed by atoms with Gasteiger partial charge < -0.3 is 10.4 Å². The number of aliphatic hydroxyl groups excluding tert-OH is 1. The number of unbranched alkanes of at least 4 members (excludes halogenated alkanes) is 2. The monoisotopic (exact) mass is 311 g/mol. The van der Waals surface area contributed by atoms with Crippen LogP contribution in [0.4, 0.5) is 10.5 Å². The Balaban J connectivity index is 2.22. The highest BCUT2D eigenvalue weighted by Gasteiger charge is 2.04. The fourth-order valence-electron chi connectivity index (χ4n) is 1.60. The van der Waals surface area contributed by atoms with E-state index in [9.17, 15) is 9.59 Å². The predicted molar refractivity (Wildman–Crippen MR) is 84.1 cm³/mol. The Morgan fingerprint density at radius 1 is 1.10 bits per heavy atom. The first-order valence-corrected chi connectivity index (χ1v) is 7.99. The molecule has 0 aliphatic heterocycles. The topological polar surface area (TPSA) is 90.5 Å². The van der Waals surface area contributed by atoms with Gasteiger partial charge in [0.15, 0.2) is 0 Å². The summed E-state index contributed by atoms with van der Waals surface area (Å²) in [6, 6.07) is 6.90. The second kappa shape index (κ2) is 10.1. The van der Waals surface area contributed by atoms with E-state index in [2.05, 4.69) is 16.2 Å². The number of hydrogen-bond acceptors (Lipinski definition) is 4. The van der Waals surface area contributed by atoms with E-state index in [0.29, 0.717) is 24.9 Å². The molecule has 1 aromatic rings. The van der Waals surface area contributed by atoms with Crippen molar-refractivity contribution in [2.45, 2.75) is 30.6 Å². The van der Waals surface area contributed by atoms with Gasteiger partial charge in [-0.15, -0.1) is 11.8 Å². The first kappa shape index (κ1) is 17.3. The molecule has 0 heterocycles. The summed E-state index contributed by atoms with van der Waals surface area (Å²) >= 11 is 1.62. The maximum atomic E-state index is 11.6. The van der Waals surface area contributed by atoms with Gasteiger partial charge >= 0.3 is 6.03 Å². The van der Waals surface area contributed by atoms with Gasteiger partial charge in [0.25, 0.3) is 0 Å². The van der Waals surface area contributed by atoms with Crippen molar-refractivity contribution in [2.75, 3.05) is 18.2 Å². The molecule has 0 spiro atoms. The van der Waals surface area contributed by atoms with Crippen molar-refractivity contribution in [3.8, 4) is 0 Å². The summed E-state index contributed by atoms with van der Waals surface area (Å²) < 4.78 is 0. The molecule has 21 heavy (non-hydrogen) atoms. The number of thioether (sulfide) groups is 1. The molecule has 0 saturated carbocycles. The number of hydrazine groups is 1. The molecule has 1 aromatic carbocycles. The van der Waals surface area contributed by atoms with Crippen molar-refractivity contribution >= 4 is 29.4 Å². The molecule has 0 aromatic heterocycles. The normalized spacial score (nSPS) is 10.0. The maximum Gasteiger partial charge on any atom is 0.337 e. The second-order valence-corrected chi connectivity index (χ2v) is 5.27. The lowest BCUT2D eigenvalue weighted by Gasteiger charge is -2.09. The summed E-state index contributed by atoms with van der Waals surface area (Å²) in [4.78, 5) is 24.1. The van der Waals surface area contributed by atoms with Gasteiger partial charge in [-0.1, -0.05) is 6.42 Å². The smallest absolute Gasteiger partial charge is 0.337 e. The van der Waals surface area contributed by atoms with Gasteiger partial charge in [-0.05, 0) is 43.4 Å². The predicted octanol–water partition coefficient (Wildman–Crippen LogP) is 2.11. The van der Waals surface area contributed by atoms with Crippen LogP contribution in [0.1, 0.15) is 25.7 Å².